The monoisotopic (exact) mass is 247 g/mol. The van der Waals surface area contributed by atoms with E-state index in [2.05, 4.69) is 16.6 Å². The van der Waals surface area contributed by atoms with Crippen molar-refractivity contribution in [3.05, 3.63) is 59.0 Å². The highest BCUT2D eigenvalue weighted by atomic mass is 16.5. The summed E-state index contributed by atoms with van der Waals surface area (Å²) in [7, 11) is 0. The highest BCUT2D eigenvalue weighted by Crippen LogP contribution is 2.03. The first-order valence-corrected chi connectivity index (χ1v) is 5.72. The zero-order valence-electron chi connectivity index (χ0n) is 10.2. The van der Waals surface area contributed by atoms with Crippen molar-refractivity contribution in [3.8, 4) is 0 Å². The van der Waals surface area contributed by atoms with Gasteiger partial charge in [-0.3, -0.25) is 0 Å². The van der Waals surface area contributed by atoms with Crippen molar-refractivity contribution >= 4 is 0 Å². The molecule has 0 fully saturated rings. The summed E-state index contributed by atoms with van der Waals surface area (Å²) in [5.41, 5.74) is 9.39. The number of nitrogens with zero attached hydrogens (tertiary/aromatic N) is 3. The molecule has 96 valence electrons. The van der Waals surface area contributed by atoms with Gasteiger partial charge in [-0.25, -0.2) is 0 Å². The Kier molecular flexibility index (Phi) is 7.32. The van der Waals surface area contributed by atoms with Gasteiger partial charge >= 0.3 is 0 Å². The number of hydrogen-bond acceptors (Lipinski definition) is 3. The molecule has 0 aliphatic rings. The molecular formula is C13H17N3O2. The van der Waals surface area contributed by atoms with Crippen LogP contribution in [0.5, 0.6) is 0 Å². The number of benzene rings is 1. The maximum absolute atomic E-state index is 8.29. The van der Waals surface area contributed by atoms with E-state index in [4.69, 9.17) is 15.0 Å². The van der Waals surface area contributed by atoms with Gasteiger partial charge in [-0.2, -0.15) is 0 Å². The molecule has 0 bridgehead atoms. The third-order valence-corrected chi connectivity index (χ3v) is 2.21. The molecule has 0 saturated carbocycles. The lowest BCUT2D eigenvalue weighted by Crippen LogP contribution is -2.23. The Morgan fingerprint density at radius 2 is 2.17 bits per heavy atom. The van der Waals surface area contributed by atoms with Gasteiger partial charge in [0.25, 0.3) is 0 Å². The number of rotatable bonds is 9. The minimum Gasteiger partial charge on any atom is -0.374 e. The molecule has 0 spiro atoms. The van der Waals surface area contributed by atoms with Crippen LogP contribution in [0.2, 0.25) is 0 Å². The van der Waals surface area contributed by atoms with Crippen molar-refractivity contribution in [2.75, 3.05) is 19.8 Å². The van der Waals surface area contributed by atoms with E-state index in [9.17, 15) is 0 Å². The minimum atomic E-state index is -0.234. The maximum Gasteiger partial charge on any atom is 0.0869 e. The summed E-state index contributed by atoms with van der Waals surface area (Å²) in [5, 5.41) is 3.49. The summed E-state index contributed by atoms with van der Waals surface area (Å²) >= 11 is 0. The normalized spacial score (nSPS) is 11.6. The van der Waals surface area contributed by atoms with Crippen molar-refractivity contribution in [3.63, 3.8) is 0 Å². The van der Waals surface area contributed by atoms with Gasteiger partial charge in [-0.05, 0) is 11.1 Å². The summed E-state index contributed by atoms with van der Waals surface area (Å²) in [6.07, 6.45) is 1.42. The van der Waals surface area contributed by atoms with Gasteiger partial charge in [0.2, 0.25) is 0 Å². The summed E-state index contributed by atoms with van der Waals surface area (Å²) < 4.78 is 11.0. The van der Waals surface area contributed by atoms with Crippen molar-refractivity contribution in [1.82, 2.24) is 0 Å². The van der Waals surface area contributed by atoms with Crippen LogP contribution < -0.4 is 0 Å². The average molecular weight is 247 g/mol. The predicted molar refractivity (Wildman–Crippen MR) is 70.0 cm³/mol. The fourth-order valence-corrected chi connectivity index (χ4v) is 1.37. The quantitative estimate of drug-likeness (QED) is 0.291. The van der Waals surface area contributed by atoms with Crippen molar-refractivity contribution in [1.29, 1.82) is 0 Å². The van der Waals surface area contributed by atoms with Gasteiger partial charge in [0.1, 0.15) is 0 Å². The van der Waals surface area contributed by atoms with E-state index in [-0.39, 0.29) is 12.6 Å². The van der Waals surface area contributed by atoms with Crippen molar-refractivity contribution < 1.29 is 9.47 Å². The lowest BCUT2D eigenvalue weighted by Gasteiger charge is -2.14. The molecule has 0 aromatic heterocycles. The number of azide groups is 1. The Balaban J connectivity index is 2.31. The second kappa shape index (κ2) is 9.24. The standard InChI is InChI=1S/C13H17N3O2/c1-2-8-18-13(9-15-16-14)11-17-10-12-6-4-3-5-7-12/h2-7,13H,1,8-11H2/t13-/m1/s1. The van der Waals surface area contributed by atoms with Gasteiger partial charge in [0, 0.05) is 4.91 Å². The van der Waals surface area contributed by atoms with Crippen LogP contribution in [0.3, 0.4) is 0 Å². The first-order chi connectivity index (χ1) is 8.86. The van der Waals surface area contributed by atoms with Gasteiger partial charge in [0.05, 0.1) is 32.5 Å². The topological polar surface area (TPSA) is 67.2 Å². The van der Waals surface area contributed by atoms with E-state index >= 15 is 0 Å². The zero-order valence-corrected chi connectivity index (χ0v) is 10.2. The second-order valence-electron chi connectivity index (χ2n) is 3.66. The van der Waals surface area contributed by atoms with E-state index in [1.807, 2.05) is 30.3 Å². The van der Waals surface area contributed by atoms with Gasteiger partial charge in [-0.15, -0.1) is 6.58 Å². The molecule has 0 radical (unpaired) electrons. The average Bonchev–Trinajstić information content (AvgIpc) is 2.42. The molecule has 0 N–H and O–H groups in total. The molecule has 0 unspecified atom stereocenters. The van der Waals surface area contributed by atoms with Crippen molar-refractivity contribution in [2.24, 2.45) is 5.11 Å². The molecule has 5 nitrogen and oxygen atoms in total. The Hall–Kier alpha value is -1.81. The van der Waals surface area contributed by atoms with Crippen LogP contribution in [0.4, 0.5) is 0 Å². The van der Waals surface area contributed by atoms with Crippen LogP contribution in [0.15, 0.2) is 48.1 Å². The Bertz CT molecular complexity index is 388. The smallest absolute Gasteiger partial charge is 0.0869 e. The van der Waals surface area contributed by atoms with Crippen LogP contribution in [0.1, 0.15) is 5.56 Å². The van der Waals surface area contributed by atoms with Crippen molar-refractivity contribution in [2.45, 2.75) is 12.7 Å². The molecule has 5 heteroatoms. The molecule has 0 amide bonds. The van der Waals surface area contributed by atoms with E-state index in [0.29, 0.717) is 19.8 Å². The molecule has 0 aliphatic heterocycles. The predicted octanol–water partition coefficient (Wildman–Crippen LogP) is 3.08. The molecule has 0 heterocycles. The fraction of sp³-hybridized carbons (Fsp3) is 0.385. The molecule has 1 aromatic rings. The van der Waals surface area contributed by atoms with Crippen LogP contribution in [0, 0.1) is 0 Å². The van der Waals surface area contributed by atoms with Gasteiger partial charge in [0.15, 0.2) is 0 Å². The maximum atomic E-state index is 8.29. The van der Waals surface area contributed by atoms with Crippen LogP contribution in [-0.2, 0) is 16.1 Å². The molecule has 1 rings (SSSR count). The molecule has 18 heavy (non-hydrogen) atoms. The third-order valence-electron chi connectivity index (χ3n) is 2.21. The highest BCUT2D eigenvalue weighted by Gasteiger charge is 2.07. The Labute approximate surface area is 107 Å². The highest BCUT2D eigenvalue weighted by molar-refractivity contribution is 5.13. The van der Waals surface area contributed by atoms with E-state index in [0.717, 1.165) is 5.56 Å². The van der Waals surface area contributed by atoms with Gasteiger partial charge in [-0.1, -0.05) is 41.5 Å². The summed E-state index contributed by atoms with van der Waals surface area (Å²) in [6.45, 7) is 5.16. The lowest BCUT2D eigenvalue weighted by molar-refractivity contribution is -0.00626. The SMILES string of the molecule is C=CCO[C@H](CN=[N+]=[N-])COCc1ccccc1. The van der Waals surface area contributed by atoms with E-state index < -0.39 is 0 Å². The third kappa shape index (κ3) is 6.06. The van der Waals surface area contributed by atoms with E-state index in [1.165, 1.54) is 0 Å². The van der Waals surface area contributed by atoms with Gasteiger partial charge < -0.3 is 9.47 Å². The molecular weight excluding hydrogens is 230 g/mol. The Morgan fingerprint density at radius 1 is 1.39 bits per heavy atom. The Morgan fingerprint density at radius 3 is 2.83 bits per heavy atom. The molecule has 1 atom stereocenters. The largest absolute Gasteiger partial charge is 0.374 e. The fourth-order valence-electron chi connectivity index (χ4n) is 1.37. The molecule has 0 aliphatic carbocycles. The van der Waals surface area contributed by atoms with E-state index in [1.54, 1.807) is 6.08 Å². The first kappa shape index (κ1) is 14.3. The summed E-state index contributed by atoms with van der Waals surface area (Å²) in [5.74, 6) is 0. The van der Waals surface area contributed by atoms with Crippen LogP contribution >= 0.6 is 0 Å². The number of hydrogen-bond donors (Lipinski definition) is 0. The number of ether oxygens (including phenoxy) is 2. The summed E-state index contributed by atoms with van der Waals surface area (Å²) in [4.78, 5) is 2.71. The molecule has 1 aromatic carbocycles. The first-order valence-electron chi connectivity index (χ1n) is 5.72. The molecule has 0 saturated heterocycles. The van der Waals surface area contributed by atoms with Crippen LogP contribution in [0.25, 0.3) is 10.4 Å². The zero-order chi connectivity index (χ0) is 13.1. The summed E-state index contributed by atoms with van der Waals surface area (Å²) in [6, 6.07) is 9.87. The minimum absolute atomic E-state index is 0.234. The second-order valence-corrected chi connectivity index (χ2v) is 3.66. The lowest BCUT2D eigenvalue weighted by atomic mass is 10.2. The van der Waals surface area contributed by atoms with Crippen LogP contribution in [-0.4, -0.2) is 25.9 Å².